The third kappa shape index (κ3) is 3.63. The van der Waals surface area contributed by atoms with Gasteiger partial charge in [-0.3, -0.25) is 0 Å². The third-order valence-corrected chi connectivity index (χ3v) is 2.52. The summed E-state index contributed by atoms with van der Waals surface area (Å²) < 4.78 is 5.80. The van der Waals surface area contributed by atoms with Crippen molar-refractivity contribution in [3.8, 4) is 0 Å². The standard InChI is InChI=1S/C10H21NO2/c1-8(7-12)11-6-9-4-5-10(2,3)13-9/h8-9,11-12H,4-7H2,1-3H3. The number of hydrogen-bond donors (Lipinski definition) is 2. The van der Waals surface area contributed by atoms with Gasteiger partial charge in [-0.05, 0) is 33.6 Å². The van der Waals surface area contributed by atoms with E-state index < -0.39 is 0 Å². The molecule has 0 aromatic rings. The summed E-state index contributed by atoms with van der Waals surface area (Å²) in [6.07, 6.45) is 2.58. The number of ether oxygens (including phenoxy) is 1. The molecule has 2 N–H and O–H groups in total. The predicted octanol–water partition coefficient (Wildman–Crippen LogP) is 0.914. The Morgan fingerprint density at radius 1 is 1.62 bits per heavy atom. The van der Waals surface area contributed by atoms with Crippen molar-refractivity contribution in [2.24, 2.45) is 0 Å². The van der Waals surface area contributed by atoms with Crippen molar-refractivity contribution in [2.75, 3.05) is 13.2 Å². The van der Waals surface area contributed by atoms with Crippen LogP contribution in [0.15, 0.2) is 0 Å². The van der Waals surface area contributed by atoms with Gasteiger partial charge in [0.05, 0.1) is 18.3 Å². The lowest BCUT2D eigenvalue weighted by molar-refractivity contribution is -0.0155. The van der Waals surface area contributed by atoms with E-state index in [1.54, 1.807) is 0 Å². The molecule has 1 fully saturated rings. The highest BCUT2D eigenvalue weighted by Gasteiger charge is 2.31. The Balaban J connectivity index is 2.17. The van der Waals surface area contributed by atoms with Crippen LogP contribution in [0.1, 0.15) is 33.6 Å². The average molecular weight is 187 g/mol. The van der Waals surface area contributed by atoms with Crippen LogP contribution < -0.4 is 5.32 Å². The minimum absolute atomic E-state index is 0.0504. The monoisotopic (exact) mass is 187 g/mol. The molecule has 13 heavy (non-hydrogen) atoms. The van der Waals surface area contributed by atoms with Crippen LogP contribution in [0.5, 0.6) is 0 Å². The molecule has 0 bridgehead atoms. The Bertz CT molecular complexity index is 159. The summed E-state index contributed by atoms with van der Waals surface area (Å²) in [5.74, 6) is 0. The lowest BCUT2D eigenvalue weighted by Crippen LogP contribution is -2.36. The summed E-state index contributed by atoms with van der Waals surface area (Å²) in [6.45, 7) is 7.27. The van der Waals surface area contributed by atoms with Crippen molar-refractivity contribution >= 4 is 0 Å². The van der Waals surface area contributed by atoms with Gasteiger partial charge >= 0.3 is 0 Å². The first-order chi connectivity index (χ1) is 6.03. The summed E-state index contributed by atoms with van der Waals surface area (Å²) in [5.41, 5.74) is 0.0504. The first-order valence-electron chi connectivity index (χ1n) is 5.05. The van der Waals surface area contributed by atoms with Gasteiger partial charge in [0.15, 0.2) is 0 Å². The second-order valence-corrected chi connectivity index (χ2v) is 4.53. The van der Waals surface area contributed by atoms with Gasteiger partial charge in [-0.25, -0.2) is 0 Å². The summed E-state index contributed by atoms with van der Waals surface area (Å²) >= 11 is 0. The van der Waals surface area contributed by atoms with E-state index in [9.17, 15) is 0 Å². The summed E-state index contributed by atoms with van der Waals surface area (Å²) in [6, 6.07) is 0.173. The molecule has 1 aliphatic rings. The number of rotatable bonds is 4. The number of aliphatic hydroxyl groups is 1. The zero-order valence-corrected chi connectivity index (χ0v) is 8.84. The smallest absolute Gasteiger partial charge is 0.0707 e. The Kier molecular flexibility index (Phi) is 3.71. The van der Waals surface area contributed by atoms with Gasteiger partial charge in [0, 0.05) is 12.6 Å². The molecule has 1 rings (SSSR count). The van der Waals surface area contributed by atoms with Gasteiger partial charge in [0.25, 0.3) is 0 Å². The fourth-order valence-corrected chi connectivity index (χ4v) is 1.62. The van der Waals surface area contributed by atoms with E-state index in [1.165, 1.54) is 0 Å². The van der Waals surface area contributed by atoms with Crippen molar-refractivity contribution in [1.82, 2.24) is 5.32 Å². The molecule has 0 aliphatic carbocycles. The molecule has 1 aliphatic heterocycles. The fourth-order valence-electron chi connectivity index (χ4n) is 1.62. The minimum Gasteiger partial charge on any atom is -0.395 e. The highest BCUT2D eigenvalue weighted by molar-refractivity contribution is 4.82. The quantitative estimate of drug-likeness (QED) is 0.687. The molecule has 78 valence electrons. The predicted molar refractivity (Wildman–Crippen MR) is 52.7 cm³/mol. The molecule has 0 spiro atoms. The molecule has 0 saturated carbocycles. The summed E-state index contributed by atoms with van der Waals surface area (Å²) in [4.78, 5) is 0. The molecule has 2 unspecified atom stereocenters. The van der Waals surface area contributed by atoms with Crippen LogP contribution in [0.2, 0.25) is 0 Å². The summed E-state index contributed by atoms with van der Waals surface area (Å²) in [5, 5.41) is 12.0. The molecular formula is C10H21NO2. The van der Waals surface area contributed by atoms with Crippen LogP contribution in [0, 0.1) is 0 Å². The molecular weight excluding hydrogens is 166 g/mol. The van der Waals surface area contributed by atoms with Crippen molar-refractivity contribution < 1.29 is 9.84 Å². The van der Waals surface area contributed by atoms with Crippen LogP contribution >= 0.6 is 0 Å². The van der Waals surface area contributed by atoms with E-state index in [0.29, 0.717) is 6.10 Å². The highest BCUT2D eigenvalue weighted by Crippen LogP contribution is 2.28. The lowest BCUT2D eigenvalue weighted by Gasteiger charge is -2.20. The van der Waals surface area contributed by atoms with E-state index in [1.807, 2.05) is 6.92 Å². The van der Waals surface area contributed by atoms with E-state index in [4.69, 9.17) is 9.84 Å². The SMILES string of the molecule is CC(CO)NCC1CCC(C)(C)O1. The number of hydrogen-bond acceptors (Lipinski definition) is 3. The first kappa shape index (κ1) is 11.0. The van der Waals surface area contributed by atoms with Crippen molar-refractivity contribution in [3.63, 3.8) is 0 Å². The largest absolute Gasteiger partial charge is 0.395 e. The van der Waals surface area contributed by atoms with Gasteiger partial charge in [-0.2, -0.15) is 0 Å². The topological polar surface area (TPSA) is 41.5 Å². The number of aliphatic hydroxyl groups excluding tert-OH is 1. The molecule has 3 heteroatoms. The molecule has 0 amide bonds. The molecule has 0 radical (unpaired) electrons. The minimum atomic E-state index is 0.0504. The number of nitrogens with one attached hydrogen (secondary N) is 1. The molecule has 3 nitrogen and oxygen atoms in total. The molecule has 1 heterocycles. The van der Waals surface area contributed by atoms with Crippen LogP contribution in [0.25, 0.3) is 0 Å². The molecule has 2 atom stereocenters. The van der Waals surface area contributed by atoms with E-state index >= 15 is 0 Å². The van der Waals surface area contributed by atoms with Crippen LogP contribution in [-0.2, 0) is 4.74 Å². The van der Waals surface area contributed by atoms with Crippen molar-refractivity contribution in [1.29, 1.82) is 0 Å². The van der Waals surface area contributed by atoms with Gasteiger partial charge in [0.1, 0.15) is 0 Å². The maximum atomic E-state index is 8.81. The van der Waals surface area contributed by atoms with Crippen molar-refractivity contribution in [3.05, 3.63) is 0 Å². The zero-order valence-electron chi connectivity index (χ0n) is 8.84. The van der Waals surface area contributed by atoms with E-state index in [2.05, 4.69) is 19.2 Å². The van der Waals surface area contributed by atoms with Gasteiger partial charge in [-0.1, -0.05) is 0 Å². The maximum absolute atomic E-state index is 8.81. The van der Waals surface area contributed by atoms with Crippen LogP contribution in [-0.4, -0.2) is 36.0 Å². The highest BCUT2D eigenvalue weighted by atomic mass is 16.5. The van der Waals surface area contributed by atoms with Crippen LogP contribution in [0.4, 0.5) is 0 Å². The zero-order chi connectivity index (χ0) is 9.90. The van der Waals surface area contributed by atoms with E-state index in [0.717, 1.165) is 19.4 Å². The molecule has 0 aromatic carbocycles. The Morgan fingerprint density at radius 2 is 2.31 bits per heavy atom. The van der Waals surface area contributed by atoms with Crippen molar-refractivity contribution in [2.45, 2.75) is 51.4 Å². The lowest BCUT2D eigenvalue weighted by atomic mass is 10.1. The second kappa shape index (κ2) is 4.40. The second-order valence-electron chi connectivity index (χ2n) is 4.53. The van der Waals surface area contributed by atoms with Gasteiger partial charge < -0.3 is 15.2 Å². The summed E-state index contributed by atoms with van der Waals surface area (Å²) in [7, 11) is 0. The van der Waals surface area contributed by atoms with Gasteiger partial charge in [-0.15, -0.1) is 0 Å². The maximum Gasteiger partial charge on any atom is 0.0707 e. The Labute approximate surface area is 80.5 Å². The average Bonchev–Trinajstić information content (AvgIpc) is 2.41. The van der Waals surface area contributed by atoms with Crippen LogP contribution in [0.3, 0.4) is 0 Å². The normalized spacial score (nSPS) is 29.1. The third-order valence-electron chi connectivity index (χ3n) is 2.52. The first-order valence-corrected chi connectivity index (χ1v) is 5.05. The fraction of sp³-hybridized carbons (Fsp3) is 1.00. The molecule has 0 aromatic heterocycles. The Morgan fingerprint density at radius 3 is 2.77 bits per heavy atom. The molecule has 1 saturated heterocycles. The van der Waals surface area contributed by atoms with Gasteiger partial charge in [0.2, 0.25) is 0 Å². The van der Waals surface area contributed by atoms with E-state index in [-0.39, 0.29) is 18.2 Å². The Hall–Kier alpha value is -0.120.